The summed E-state index contributed by atoms with van der Waals surface area (Å²) in [5.74, 6) is -0.747. The number of Topliss-reactive ketones (excluding diaryl/α,β-unsaturated/α-hetero) is 1. The number of alkyl halides is 1. The fourth-order valence-corrected chi connectivity index (χ4v) is 1.43. The Hall–Kier alpha value is -1.26. The van der Waals surface area contributed by atoms with Gasteiger partial charge in [-0.05, 0) is 12.5 Å². The normalized spacial score (nSPS) is 14.8. The summed E-state index contributed by atoms with van der Waals surface area (Å²) >= 11 is 0. The largest absolute Gasteiger partial charge is 0.349 e. The fourth-order valence-electron chi connectivity index (χ4n) is 1.43. The van der Waals surface area contributed by atoms with Gasteiger partial charge in [0.05, 0.1) is 0 Å². The summed E-state index contributed by atoms with van der Waals surface area (Å²) in [6.07, 6.45) is -1.18. The van der Waals surface area contributed by atoms with Crippen LogP contribution in [0.15, 0.2) is 30.3 Å². The van der Waals surface area contributed by atoms with E-state index in [0.717, 1.165) is 0 Å². The molecule has 0 bridgehead atoms. The maximum absolute atomic E-state index is 14.3. The monoisotopic (exact) mass is 226 g/mol. The molecule has 1 aromatic rings. The van der Waals surface area contributed by atoms with E-state index in [0.29, 0.717) is 5.56 Å². The van der Waals surface area contributed by atoms with E-state index in [1.54, 1.807) is 30.3 Å². The highest BCUT2D eigenvalue weighted by atomic mass is 19.1. The number of carbonyl (C=O) groups excluding carboxylic acids is 1. The first kappa shape index (κ1) is 12.8. The molecular formula is C12H15FO3. The molecule has 1 aromatic carbocycles. The van der Waals surface area contributed by atoms with Gasteiger partial charge in [0.1, 0.15) is 0 Å². The smallest absolute Gasteiger partial charge is 0.229 e. The molecule has 0 fully saturated rings. The third kappa shape index (κ3) is 2.46. The Morgan fingerprint density at radius 3 is 2.19 bits per heavy atom. The van der Waals surface area contributed by atoms with Gasteiger partial charge < -0.3 is 9.47 Å². The van der Waals surface area contributed by atoms with Gasteiger partial charge >= 0.3 is 0 Å². The van der Waals surface area contributed by atoms with E-state index in [1.807, 2.05) is 0 Å². The second-order valence-electron chi connectivity index (χ2n) is 3.54. The summed E-state index contributed by atoms with van der Waals surface area (Å²) in [7, 11) is 2.60. The summed E-state index contributed by atoms with van der Waals surface area (Å²) in [6, 6.07) is 8.22. The molecule has 0 heterocycles. The molecule has 0 saturated heterocycles. The van der Waals surface area contributed by atoms with Crippen molar-refractivity contribution in [3.63, 3.8) is 0 Å². The van der Waals surface area contributed by atoms with Gasteiger partial charge in [0, 0.05) is 14.2 Å². The zero-order chi connectivity index (χ0) is 12.2. The van der Waals surface area contributed by atoms with E-state index in [1.165, 1.54) is 21.1 Å². The predicted molar refractivity (Wildman–Crippen MR) is 57.7 cm³/mol. The first-order valence-electron chi connectivity index (χ1n) is 4.88. The molecule has 0 aliphatic rings. The van der Waals surface area contributed by atoms with Crippen molar-refractivity contribution in [2.24, 2.45) is 0 Å². The van der Waals surface area contributed by atoms with E-state index in [4.69, 9.17) is 9.47 Å². The van der Waals surface area contributed by atoms with Crippen LogP contribution in [0.5, 0.6) is 0 Å². The minimum absolute atomic E-state index is 0.291. The van der Waals surface area contributed by atoms with Crippen LogP contribution in [0.25, 0.3) is 0 Å². The zero-order valence-electron chi connectivity index (χ0n) is 9.57. The van der Waals surface area contributed by atoms with Crippen LogP contribution < -0.4 is 0 Å². The zero-order valence-corrected chi connectivity index (χ0v) is 9.57. The van der Waals surface area contributed by atoms with Gasteiger partial charge in [0.2, 0.25) is 12.1 Å². The minimum Gasteiger partial charge on any atom is -0.349 e. The molecule has 0 amide bonds. The highest BCUT2D eigenvalue weighted by molar-refractivity contribution is 5.90. The van der Waals surface area contributed by atoms with Crippen LogP contribution >= 0.6 is 0 Å². The van der Waals surface area contributed by atoms with Gasteiger partial charge in [0.15, 0.2) is 5.67 Å². The molecular weight excluding hydrogens is 211 g/mol. The lowest BCUT2D eigenvalue weighted by atomic mass is 9.93. The Morgan fingerprint density at radius 2 is 1.75 bits per heavy atom. The van der Waals surface area contributed by atoms with E-state index in [9.17, 15) is 9.18 Å². The fraction of sp³-hybridized carbons (Fsp3) is 0.417. The number of carbonyl (C=O) groups is 1. The minimum atomic E-state index is -2.11. The standard InChI is InChI=1S/C12H15FO3/c1-12(13,9-7-5-4-6-8-9)10(14)11(15-2)16-3/h4-8,11H,1-3H3/t12-/m0/s1. The highest BCUT2D eigenvalue weighted by Gasteiger charge is 2.40. The summed E-state index contributed by atoms with van der Waals surface area (Å²) in [5, 5.41) is 0. The summed E-state index contributed by atoms with van der Waals surface area (Å²) in [4.78, 5) is 11.8. The van der Waals surface area contributed by atoms with Crippen molar-refractivity contribution >= 4 is 5.78 Å². The lowest BCUT2D eigenvalue weighted by molar-refractivity contribution is -0.168. The van der Waals surface area contributed by atoms with Crippen LogP contribution in [0, 0.1) is 0 Å². The molecule has 88 valence electrons. The maximum atomic E-state index is 14.3. The Kier molecular flexibility index (Phi) is 4.15. The van der Waals surface area contributed by atoms with Gasteiger partial charge in [-0.3, -0.25) is 4.79 Å². The Morgan fingerprint density at radius 1 is 1.25 bits per heavy atom. The predicted octanol–water partition coefficient (Wildman–Crippen LogP) is 2.06. The van der Waals surface area contributed by atoms with Crippen LogP contribution in [0.4, 0.5) is 4.39 Å². The van der Waals surface area contributed by atoms with Crippen LogP contribution in [-0.4, -0.2) is 26.3 Å². The van der Waals surface area contributed by atoms with Crippen molar-refractivity contribution in [2.45, 2.75) is 18.9 Å². The second-order valence-corrected chi connectivity index (χ2v) is 3.54. The number of methoxy groups -OCH3 is 2. The summed E-state index contributed by atoms with van der Waals surface area (Å²) in [6.45, 7) is 1.20. The van der Waals surface area contributed by atoms with Gasteiger partial charge in [-0.1, -0.05) is 30.3 Å². The number of halogens is 1. The molecule has 4 heteroatoms. The average Bonchev–Trinajstić information content (AvgIpc) is 2.31. The molecule has 0 aliphatic heterocycles. The quantitative estimate of drug-likeness (QED) is 0.721. The molecule has 16 heavy (non-hydrogen) atoms. The molecule has 0 aromatic heterocycles. The summed E-state index contributed by atoms with van der Waals surface area (Å²) < 4.78 is 23.8. The average molecular weight is 226 g/mol. The third-order valence-electron chi connectivity index (χ3n) is 2.42. The van der Waals surface area contributed by atoms with E-state index < -0.39 is 17.7 Å². The van der Waals surface area contributed by atoms with Crippen molar-refractivity contribution in [1.29, 1.82) is 0 Å². The van der Waals surface area contributed by atoms with Crippen molar-refractivity contribution < 1.29 is 18.7 Å². The maximum Gasteiger partial charge on any atom is 0.229 e. The molecule has 0 saturated carbocycles. The van der Waals surface area contributed by atoms with E-state index >= 15 is 0 Å². The van der Waals surface area contributed by atoms with Crippen LogP contribution in [-0.2, 0) is 19.9 Å². The van der Waals surface area contributed by atoms with Gasteiger partial charge in [-0.2, -0.15) is 0 Å². The first-order valence-corrected chi connectivity index (χ1v) is 4.88. The highest BCUT2D eigenvalue weighted by Crippen LogP contribution is 2.28. The molecule has 0 radical (unpaired) electrons. The summed E-state index contributed by atoms with van der Waals surface area (Å²) in [5.41, 5.74) is -1.82. The van der Waals surface area contributed by atoms with Gasteiger partial charge in [-0.25, -0.2) is 4.39 Å². The second kappa shape index (κ2) is 5.18. The Labute approximate surface area is 94.2 Å². The molecule has 1 rings (SSSR count). The molecule has 3 nitrogen and oxygen atoms in total. The third-order valence-corrected chi connectivity index (χ3v) is 2.42. The van der Waals surface area contributed by atoms with Crippen molar-refractivity contribution in [3.05, 3.63) is 35.9 Å². The van der Waals surface area contributed by atoms with E-state index in [-0.39, 0.29) is 0 Å². The number of hydrogen-bond acceptors (Lipinski definition) is 3. The molecule has 0 spiro atoms. The number of ether oxygens (including phenoxy) is 2. The van der Waals surface area contributed by atoms with Crippen LogP contribution in [0.3, 0.4) is 0 Å². The number of benzene rings is 1. The van der Waals surface area contributed by atoms with Crippen molar-refractivity contribution in [3.8, 4) is 0 Å². The Balaban J connectivity index is 2.98. The Bertz CT molecular complexity index is 345. The van der Waals surface area contributed by atoms with Gasteiger partial charge in [-0.15, -0.1) is 0 Å². The van der Waals surface area contributed by atoms with Crippen LogP contribution in [0.2, 0.25) is 0 Å². The van der Waals surface area contributed by atoms with Crippen molar-refractivity contribution in [2.75, 3.05) is 14.2 Å². The lowest BCUT2D eigenvalue weighted by Crippen LogP contribution is -2.39. The van der Waals surface area contributed by atoms with E-state index in [2.05, 4.69) is 0 Å². The molecule has 1 atom stereocenters. The topological polar surface area (TPSA) is 35.5 Å². The van der Waals surface area contributed by atoms with Crippen molar-refractivity contribution in [1.82, 2.24) is 0 Å². The molecule has 0 aliphatic carbocycles. The number of hydrogen-bond donors (Lipinski definition) is 0. The van der Waals surface area contributed by atoms with Gasteiger partial charge in [0.25, 0.3) is 0 Å². The lowest BCUT2D eigenvalue weighted by Gasteiger charge is -2.23. The number of ketones is 1. The van der Waals surface area contributed by atoms with Crippen LogP contribution in [0.1, 0.15) is 12.5 Å². The number of rotatable bonds is 5. The SMILES string of the molecule is COC(OC)C(=O)[C@@](C)(F)c1ccccc1. The molecule has 0 N–H and O–H groups in total. The molecule has 0 unspecified atom stereocenters. The first-order chi connectivity index (χ1) is 7.54.